The molecular weight excluding hydrogens is 354 g/mol. The number of benzene rings is 1. The smallest absolute Gasteiger partial charge is 0.337 e. The molecule has 1 fully saturated rings. The zero-order chi connectivity index (χ0) is 20.5. The molecule has 1 aromatic rings. The van der Waals surface area contributed by atoms with Crippen LogP contribution >= 0.6 is 0 Å². The number of nitrogens with zero attached hydrogens (tertiary/aromatic N) is 1. The number of aliphatic hydroxyl groups excluding tert-OH is 1. The molecule has 0 spiro atoms. The summed E-state index contributed by atoms with van der Waals surface area (Å²) in [6.07, 6.45) is 8.38. The van der Waals surface area contributed by atoms with Crippen LogP contribution in [-0.2, 0) is 16.0 Å². The molecule has 2 rings (SSSR count). The van der Waals surface area contributed by atoms with Crippen molar-refractivity contribution < 1.29 is 19.4 Å². The van der Waals surface area contributed by atoms with E-state index in [-0.39, 0.29) is 17.9 Å². The number of ether oxygens (including phenoxy) is 1. The molecule has 1 aliphatic rings. The Kier molecular flexibility index (Phi) is 8.71. The second-order valence-electron chi connectivity index (χ2n) is 7.91. The molecule has 0 aliphatic carbocycles. The first kappa shape index (κ1) is 22.2. The van der Waals surface area contributed by atoms with Gasteiger partial charge in [0, 0.05) is 13.0 Å². The first-order chi connectivity index (χ1) is 13.4. The predicted molar refractivity (Wildman–Crippen MR) is 110 cm³/mol. The molecule has 1 aromatic carbocycles. The SMILES string of the molecule is COC(=O)c1ccc(CCN2C(=O)CC[C@@H]2C=C[C@H](O)CCCC(C)C)cc1. The lowest BCUT2D eigenvalue weighted by molar-refractivity contribution is -0.128. The van der Waals surface area contributed by atoms with Crippen LogP contribution in [0.5, 0.6) is 0 Å². The summed E-state index contributed by atoms with van der Waals surface area (Å²) in [5.74, 6) is 0.467. The van der Waals surface area contributed by atoms with Crippen molar-refractivity contribution in [3.05, 3.63) is 47.5 Å². The highest BCUT2D eigenvalue weighted by atomic mass is 16.5. The summed E-state index contributed by atoms with van der Waals surface area (Å²) in [5, 5.41) is 10.1. The Balaban J connectivity index is 1.86. The summed E-state index contributed by atoms with van der Waals surface area (Å²) >= 11 is 0. The fraction of sp³-hybridized carbons (Fsp3) is 0.565. The molecule has 1 N–H and O–H groups in total. The number of hydrogen-bond acceptors (Lipinski definition) is 4. The number of methoxy groups -OCH3 is 1. The van der Waals surface area contributed by atoms with Crippen molar-refractivity contribution in [1.29, 1.82) is 0 Å². The molecule has 28 heavy (non-hydrogen) atoms. The number of carbonyl (C=O) groups is 2. The average Bonchev–Trinajstić information content (AvgIpc) is 3.03. The Labute approximate surface area is 168 Å². The van der Waals surface area contributed by atoms with Gasteiger partial charge in [-0.1, -0.05) is 51.0 Å². The number of hydrogen-bond donors (Lipinski definition) is 1. The standard InChI is InChI=1S/C23H33NO4/c1-17(2)5-4-6-21(25)13-11-20-12-14-22(26)24(20)16-15-18-7-9-19(10-8-18)23(27)28-3/h7-11,13,17,20-21,25H,4-6,12,14-16H2,1-3H3/t20-,21+/m0/s1. The molecule has 0 radical (unpaired) electrons. The maximum atomic E-state index is 12.2. The summed E-state index contributed by atoms with van der Waals surface area (Å²) < 4.78 is 4.71. The first-order valence-corrected chi connectivity index (χ1v) is 10.2. The van der Waals surface area contributed by atoms with Crippen molar-refractivity contribution in [2.24, 2.45) is 5.92 Å². The molecule has 0 aromatic heterocycles. The van der Waals surface area contributed by atoms with E-state index in [1.807, 2.05) is 29.2 Å². The van der Waals surface area contributed by atoms with Gasteiger partial charge in [0.15, 0.2) is 0 Å². The maximum Gasteiger partial charge on any atom is 0.337 e. The van der Waals surface area contributed by atoms with E-state index in [1.165, 1.54) is 7.11 Å². The third-order valence-corrected chi connectivity index (χ3v) is 5.23. The minimum absolute atomic E-state index is 0.0570. The van der Waals surface area contributed by atoms with Crippen LogP contribution in [0.1, 0.15) is 61.9 Å². The van der Waals surface area contributed by atoms with Crippen LogP contribution in [-0.4, -0.2) is 47.7 Å². The Morgan fingerprint density at radius 1 is 1.29 bits per heavy atom. The van der Waals surface area contributed by atoms with E-state index in [4.69, 9.17) is 4.74 Å². The van der Waals surface area contributed by atoms with Crippen molar-refractivity contribution in [2.75, 3.05) is 13.7 Å². The van der Waals surface area contributed by atoms with Gasteiger partial charge in [0.05, 0.1) is 24.8 Å². The van der Waals surface area contributed by atoms with Crippen LogP contribution < -0.4 is 0 Å². The topological polar surface area (TPSA) is 66.8 Å². The summed E-state index contributed by atoms with van der Waals surface area (Å²) in [7, 11) is 1.37. The lowest BCUT2D eigenvalue weighted by Gasteiger charge is -2.23. The van der Waals surface area contributed by atoms with Gasteiger partial charge in [-0.15, -0.1) is 0 Å². The van der Waals surface area contributed by atoms with E-state index >= 15 is 0 Å². The Bertz CT molecular complexity index is 666. The highest BCUT2D eigenvalue weighted by molar-refractivity contribution is 5.89. The number of rotatable bonds is 10. The molecule has 154 valence electrons. The van der Waals surface area contributed by atoms with Crippen molar-refractivity contribution in [3.8, 4) is 0 Å². The second kappa shape index (κ2) is 11.0. The fourth-order valence-corrected chi connectivity index (χ4v) is 3.51. The molecular formula is C23H33NO4. The largest absolute Gasteiger partial charge is 0.465 e. The van der Waals surface area contributed by atoms with E-state index in [9.17, 15) is 14.7 Å². The van der Waals surface area contributed by atoms with Gasteiger partial charge in [0.1, 0.15) is 0 Å². The van der Waals surface area contributed by atoms with E-state index in [0.717, 1.165) is 37.7 Å². The van der Waals surface area contributed by atoms with E-state index in [1.54, 1.807) is 12.1 Å². The fourth-order valence-electron chi connectivity index (χ4n) is 3.51. The minimum atomic E-state index is -0.442. The molecule has 1 aliphatic heterocycles. The van der Waals surface area contributed by atoms with Gasteiger partial charge in [-0.05, 0) is 42.9 Å². The zero-order valence-corrected chi connectivity index (χ0v) is 17.3. The van der Waals surface area contributed by atoms with Crippen LogP contribution in [0.15, 0.2) is 36.4 Å². The number of esters is 1. The van der Waals surface area contributed by atoms with Gasteiger partial charge in [0.25, 0.3) is 0 Å². The lowest BCUT2D eigenvalue weighted by Crippen LogP contribution is -2.33. The van der Waals surface area contributed by atoms with Crippen LogP contribution in [0.25, 0.3) is 0 Å². The number of carbonyl (C=O) groups excluding carboxylic acids is 2. The monoisotopic (exact) mass is 387 g/mol. The normalized spacial score (nSPS) is 18.2. The predicted octanol–water partition coefficient (Wildman–Crippen LogP) is 3.75. The van der Waals surface area contributed by atoms with Gasteiger partial charge in [-0.3, -0.25) is 4.79 Å². The van der Waals surface area contributed by atoms with Crippen LogP contribution in [0.4, 0.5) is 0 Å². The molecule has 1 saturated heterocycles. The second-order valence-corrected chi connectivity index (χ2v) is 7.91. The average molecular weight is 388 g/mol. The first-order valence-electron chi connectivity index (χ1n) is 10.2. The lowest BCUT2D eigenvalue weighted by atomic mass is 10.0. The number of aliphatic hydroxyl groups is 1. The van der Waals surface area contributed by atoms with Crippen LogP contribution in [0.2, 0.25) is 0 Å². The molecule has 5 nitrogen and oxygen atoms in total. The van der Waals surface area contributed by atoms with Crippen LogP contribution in [0, 0.1) is 5.92 Å². The maximum absolute atomic E-state index is 12.2. The summed E-state index contributed by atoms with van der Waals surface area (Å²) in [4.78, 5) is 25.6. The van der Waals surface area contributed by atoms with E-state index < -0.39 is 6.10 Å². The molecule has 0 saturated carbocycles. The van der Waals surface area contributed by atoms with E-state index in [0.29, 0.717) is 24.4 Å². The highest BCUT2D eigenvalue weighted by Gasteiger charge is 2.28. The quantitative estimate of drug-likeness (QED) is 0.490. The van der Waals surface area contributed by atoms with Crippen molar-refractivity contribution in [3.63, 3.8) is 0 Å². The number of likely N-dealkylation sites (tertiary alicyclic amines) is 1. The van der Waals surface area contributed by atoms with Crippen molar-refractivity contribution in [2.45, 2.75) is 64.5 Å². The zero-order valence-electron chi connectivity index (χ0n) is 17.3. The number of amides is 1. The Morgan fingerprint density at radius 2 is 2.00 bits per heavy atom. The third kappa shape index (κ3) is 6.79. The highest BCUT2D eigenvalue weighted by Crippen LogP contribution is 2.21. The third-order valence-electron chi connectivity index (χ3n) is 5.23. The molecule has 2 atom stereocenters. The summed E-state index contributed by atoms with van der Waals surface area (Å²) in [5.41, 5.74) is 1.60. The molecule has 0 unspecified atom stereocenters. The van der Waals surface area contributed by atoms with Gasteiger partial charge in [0.2, 0.25) is 5.91 Å². The van der Waals surface area contributed by atoms with Crippen molar-refractivity contribution in [1.82, 2.24) is 4.90 Å². The summed E-state index contributed by atoms with van der Waals surface area (Å²) in [6, 6.07) is 7.35. The minimum Gasteiger partial charge on any atom is -0.465 e. The summed E-state index contributed by atoms with van der Waals surface area (Å²) in [6.45, 7) is 5.01. The van der Waals surface area contributed by atoms with Crippen LogP contribution in [0.3, 0.4) is 0 Å². The molecule has 1 heterocycles. The van der Waals surface area contributed by atoms with Gasteiger partial charge < -0.3 is 14.7 Å². The Hall–Kier alpha value is -2.14. The molecule has 1 amide bonds. The Morgan fingerprint density at radius 3 is 2.64 bits per heavy atom. The van der Waals surface area contributed by atoms with Gasteiger partial charge >= 0.3 is 5.97 Å². The molecule has 5 heteroatoms. The van der Waals surface area contributed by atoms with Crippen molar-refractivity contribution >= 4 is 11.9 Å². The molecule has 0 bridgehead atoms. The van der Waals surface area contributed by atoms with Gasteiger partial charge in [-0.2, -0.15) is 0 Å². The van der Waals surface area contributed by atoms with Gasteiger partial charge in [-0.25, -0.2) is 4.79 Å². The van der Waals surface area contributed by atoms with E-state index in [2.05, 4.69) is 13.8 Å².